The molecule has 0 fully saturated rings. The van der Waals surface area contributed by atoms with Crippen LogP contribution in [0.5, 0.6) is 11.5 Å². The first-order valence-corrected chi connectivity index (χ1v) is 19.3. The van der Waals surface area contributed by atoms with Gasteiger partial charge in [0, 0.05) is 20.4 Å². The van der Waals surface area contributed by atoms with Gasteiger partial charge in [-0.1, -0.05) is 147 Å². The lowest BCUT2D eigenvalue weighted by Gasteiger charge is -2.28. The maximum absolute atomic E-state index is 13.9. The van der Waals surface area contributed by atoms with Gasteiger partial charge in [-0.2, -0.15) is 0 Å². The Bertz CT molecular complexity index is 1860. The molecule has 0 aliphatic heterocycles. The Hall–Kier alpha value is -5.90. The van der Waals surface area contributed by atoms with Gasteiger partial charge in [0.25, 0.3) is 0 Å². The predicted octanol–water partition coefficient (Wildman–Crippen LogP) is 10.1. The van der Waals surface area contributed by atoms with Gasteiger partial charge in [-0.15, -0.1) is 0 Å². The van der Waals surface area contributed by atoms with E-state index in [1.165, 1.54) is 26.0 Å². The van der Waals surface area contributed by atoms with Crippen molar-refractivity contribution in [1.82, 2.24) is 5.32 Å². The minimum absolute atomic E-state index is 0.0196. The quantitative estimate of drug-likeness (QED) is 0.0411. The lowest BCUT2D eigenvalue weighted by atomic mass is 10.0. The number of ether oxygens (including phenoxy) is 4. The fraction of sp³-hybridized carbons (Fsp3) is 0.292. The van der Waals surface area contributed by atoms with Crippen molar-refractivity contribution < 1.29 is 38.1 Å². The highest BCUT2D eigenvalue weighted by molar-refractivity contribution is 5.89. The topological polar surface area (TPSA) is 117 Å². The first-order chi connectivity index (χ1) is 27.8. The fourth-order valence-electron chi connectivity index (χ4n) is 5.38. The van der Waals surface area contributed by atoms with Crippen molar-refractivity contribution in [1.29, 1.82) is 0 Å². The Morgan fingerprint density at radius 3 is 1.61 bits per heavy atom. The lowest BCUT2D eigenvalue weighted by molar-refractivity contribution is -0.163. The molecule has 3 aromatic rings. The zero-order valence-electron chi connectivity index (χ0n) is 33.2. The first kappa shape index (κ1) is 45.5. The van der Waals surface area contributed by atoms with Crippen LogP contribution in [-0.2, 0) is 41.8 Å². The molecule has 0 spiro atoms. The molecule has 2 atom stereocenters. The Morgan fingerprint density at radius 2 is 1.09 bits per heavy atom. The summed E-state index contributed by atoms with van der Waals surface area (Å²) in [4.78, 5) is 50.6. The van der Waals surface area contributed by atoms with Crippen LogP contribution in [0.2, 0.25) is 0 Å². The van der Waals surface area contributed by atoms with Crippen LogP contribution >= 0.6 is 0 Å². The number of carbonyl (C=O) groups excluding carboxylic acids is 4. The Balaban J connectivity index is 1.67. The molecule has 0 saturated carbocycles. The third-order valence-electron chi connectivity index (χ3n) is 8.10. The average molecular weight is 774 g/mol. The number of hydrogen-bond donors (Lipinski definition) is 1. The van der Waals surface area contributed by atoms with Crippen LogP contribution in [0.15, 0.2) is 152 Å². The summed E-state index contributed by atoms with van der Waals surface area (Å²) < 4.78 is 22.4. The van der Waals surface area contributed by atoms with Gasteiger partial charge >= 0.3 is 23.9 Å². The minimum atomic E-state index is -1.19. The second kappa shape index (κ2) is 27.6. The van der Waals surface area contributed by atoms with E-state index in [0.29, 0.717) is 12.0 Å². The number of benzene rings is 3. The van der Waals surface area contributed by atoms with E-state index in [2.05, 4.69) is 66.9 Å². The van der Waals surface area contributed by atoms with Crippen LogP contribution in [0, 0.1) is 0 Å². The molecular formula is C48H55NO8. The molecule has 0 heterocycles. The third-order valence-corrected chi connectivity index (χ3v) is 8.10. The van der Waals surface area contributed by atoms with Crippen LogP contribution in [-0.4, -0.2) is 29.9 Å². The first-order valence-electron chi connectivity index (χ1n) is 19.3. The molecule has 3 aromatic carbocycles. The summed E-state index contributed by atoms with van der Waals surface area (Å²) in [6.45, 7) is 4.93. The second-order valence-electron chi connectivity index (χ2n) is 12.9. The molecule has 2 unspecified atom stereocenters. The summed E-state index contributed by atoms with van der Waals surface area (Å²) in [6, 6.07) is 22.2. The van der Waals surface area contributed by atoms with Crippen molar-refractivity contribution in [3.8, 4) is 11.5 Å². The largest absolute Gasteiger partial charge is 0.423 e. The molecule has 9 heteroatoms. The normalized spacial score (nSPS) is 13.0. The van der Waals surface area contributed by atoms with E-state index >= 15 is 0 Å². The molecule has 0 amide bonds. The molecule has 0 aliphatic carbocycles. The van der Waals surface area contributed by atoms with E-state index in [1.54, 1.807) is 12.1 Å². The SMILES string of the molecule is CCC=CCC=CCC=CCC=CCC=CCC=CCC(=O)OC(=O)C(NCc1ccccc1)C(OCc1ccccc1)c1ccc(OC(C)=O)c(OC(C)=O)c1. The Labute approximate surface area is 337 Å². The molecule has 0 saturated heterocycles. The molecule has 0 aromatic heterocycles. The zero-order valence-corrected chi connectivity index (χ0v) is 33.2. The van der Waals surface area contributed by atoms with Crippen LogP contribution in [0.1, 0.15) is 88.5 Å². The summed E-state index contributed by atoms with van der Waals surface area (Å²) in [6.07, 6.45) is 29.0. The summed E-state index contributed by atoms with van der Waals surface area (Å²) in [5.74, 6) is -2.83. The summed E-state index contributed by atoms with van der Waals surface area (Å²) in [7, 11) is 0. The van der Waals surface area contributed by atoms with Gasteiger partial charge in [0.05, 0.1) is 13.0 Å². The second-order valence-corrected chi connectivity index (χ2v) is 12.9. The third kappa shape index (κ3) is 19.5. The monoisotopic (exact) mass is 773 g/mol. The van der Waals surface area contributed by atoms with Gasteiger partial charge in [0.2, 0.25) is 0 Å². The Kier molecular flexibility index (Phi) is 22.1. The number of allylic oxidation sites excluding steroid dienone is 11. The molecule has 300 valence electrons. The molecule has 0 aliphatic rings. The summed E-state index contributed by atoms with van der Waals surface area (Å²) in [5.41, 5.74) is 2.13. The van der Waals surface area contributed by atoms with E-state index in [-0.39, 0.29) is 31.1 Å². The van der Waals surface area contributed by atoms with Crippen molar-refractivity contribution in [3.63, 3.8) is 0 Å². The highest BCUT2D eigenvalue weighted by Gasteiger charge is 2.34. The van der Waals surface area contributed by atoms with Crippen molar-refractivity contribution in [3.05, 3.63) is 168 Å². The van der Waals surface area contributed by atoms with Gasteiger partial charge in [-0.05, 0) is 67.3 Å². The number of nitrogens with one attached hydrogen (secondary N) is 1. The molecule has 57 heavy (non-hydrogen) atoms. The minimum Gasteiger partial charge on any atom is -0.423 e. The maximum Gasteiger partial charge on any atom is 0.333 e. The molecule has 3 rings (SSSR count). The maximum atomic E-state index is 13.9. The summed E-state index contributed by atoms with van der Waals surface area (Å²) in [5, 5.41) is 3.22. The smallest absolute Gasteiger partial charge is 0.333 e. The Morgan fingerprint density at radius 1 is 0.596 bits per heavy atom. The highest BCUT2D eigenvalue weighted by atomic mass is 16.6. The number of hydrogen-bond acceptors (Lipinski definition) is 9. The molecule has 0 bridgehead atoms. The zero-order chi connectivity index (χ0) is 40.9. The van der Waals surface area contributed by atoms with Gasteiger partial charge in [-0.3, -0.25) is 19.7 Å². The van der Waals surface area contributed by atoms with Crippen molar-refractivity contribution in [2.24, 2.45) is 0 Å². The fourth-order valence-corrected chi connectivity index (χ4v) is 5.38. The van der Waals surface area contributed by atoms with E-state index < -0.39 is 36.0 Å². The van der Waals surface area contributed by atoms with E-state index in [4.69, 9.17) is 18.9 Å². The van der Waals surface area contributed by atoms with Crippen LogP contribution < -0.4 is 14.8 Å². The van der Waals surface area contributed by atoms with Gasteiger partial charge in [-0.25, -0.2) is 4.79 Å². The number of esters is 4. The predicted molar refractivity (Wildman–Crippen MR) is 224 cm³/mol. The van der Waals surface area contributed by atoms with Gasteiger partial charge in [0.1, 0.15) is 12.1 Å². The number of rotatable bonds is 24. The average Bonchev–Trinajstić information content (AvgIpc) is 3.19. The van der Waals surface area contributed by atoms with Crippen molar-refractivity contribution in [2.45, 2.75) is 91.0 Å². The van der Waals surface area contributed by atoms with Crippen LogP contribution in [0.4, 0.5) is 0 Å². The molecule has 0 radical (unpaired) electrons. The van der Waals surface area contributed by atoms with E-state index in [0.717, 1.165) is 43.2 Å². The van der Waals surface area contributed by atoms with E-state index in [1.807, 2.05) is 72.8 Å². The van der Waals surface area contributed by atoms with Crippen LogP contribution in [0.3, 0.4) is 0 Å². The standard InChI is InChI=1S/C48H55NO8/c1-4-5-6-7-8-9-10-11-12-13-14-15-16-17-18-19-20-27-32-45(52)57-48(53)46(49-36-40-28-23-21-24-29-40)47(54-37-41-30-25-22-26-31-41)42-33-34-43(55-38(2)50)44(35-42)56-39(3)51/h5-6,8-9,11-12,14-15,17-18,20-31,33-35,46-47,49H,4,7,10,13,16,19,32,36-37H2,1-3H3. The highest BCUT2D eigenvalue weighted by Crippen LogP contribution is 2.34. The van der Waals surface area contributed by atoms with E-state index in [9.17, 15) is 19.2 Å². The molecule has 9 nitrogen and oxygen atoms in total. The molecular weight excluding hydrogens is 719 g/mol. The molecule has 1 N–H and O–H groups in total. The van der Waals surface area contributed by atoms with Gasteiger partial charge < -0.3 is 18.9 Å². The number of carbonyl (C=O) groups is 4. The van der Waals surface area contributed by atoms with Crippen molar-refractivity contribution in [2.75, 3.05) is 0 Å². The van der Waals surface area contributed by atoms with Gasteiger partial charge in [0.15, 0.2) is 11.5 Å². The lowest BCUT2D eigenvalue weighted by Crippen LogP contribution is -2.44. The van der Waals surface area contributed by atoms with Crippen molar-refractivity contribution >= 4 is 23.9 Å². The van der Waals surface area contributed by atoms with Crippen LogP contribution in [0.25, 0.3) is 0 Å². The summed E-state index contributed by atoms with van der Waals surface area (Å²) >= 11 is 0.